The van der Waals surface area contributed by atoms with Crippen LogP contribution in [0.4, 0.5) is 20.4 Å². The number of rotatable bonds is 11. The number of nitrogens with one attached hydrogen (secondary N) is 1. The predicted molar refractivity (Wildman–Crippen MR) is 213 cm³/mol. The van der Waals surface area contributed by atoms with E-state index < -0.39 is 11.9 Å². The van der Waals surface area contributed by atoms with Gasteiger partial charge < -0.3 is 33.9 Å². The first-order valence-corrected chi connectivity index (χ1v) is 18.7. The molecule has 57 heavy (non-hydrogen) atoms. The second-order valence-corrected chi connectivity index (χ2v) is 12.6. The highest BCUT2D eigenvalue weighted by Crippen LogP contribution is 2.18. The maximum Gasteiger partial charge on any atom is 0.569 e. The third kappa shape index (κ3) is 14.2. The van der Waals surface area contributed by atoms with Crippen LogP contribution in [0.5, 0.6) is 5.75 Å². The van der Waals surface area contributed by atoms with Gasteiger partial charge in [-0.1, -0.05) is 0 Å². The molecule has 2 aliphatic rings. The first-order chi connectivity index (χ1) is 27.6. The highest BCUT2D eigenvalue weighted by atomic mass is 19.1. The van der Waals surface area contributed by atoms with Gasteiger partial charge in [0.2, 0.25) is 0 Å². The molecule has 0 atom stereocenters. The number of carbonyl (C=O) groups is 2. The maximum atomic E-state index is 13.3. The molecule has 0 amide bonds. The van der Waals surface area contributed by atoms with Gasteiger partial charge in [-0.2, -0.15) is 0 Å². The molecule has 14 nitrogen and oxygen atoms in total. The summed E-state index contributed by atoms with van der Waals surface area (Å²) in [6.07, 6.45) is 15.2. The summed E-state index contributed by atoms with van der Waals surface area (Å²) in [5.74, 6) is -0.423. The summed E-state index contributed by atoms with van der Waals surface area (Å²) >= 11 is 0. The molecule has 4 aromatic rings. The number of esters is 2. The van der Waals surface area contributed by atoms with Gasteiger partial charge in [0.25, 0.3) is 11.1 Å². The summed E-state index contributed by atoms with van der Waals surface area (Å²) in [6, 6.07) is 11.0. The van der Waals surface area contributed by atoms with Gasteiger partial charge in [0.1, 0.15) is 17.4 Å². The summed E-state index contributed by atoms with van der Waals surface area (Å²) in [7, 11) is 0.549. The Morgan fingerprint density at radius 3 is 1.77 bits per heavy atom. The van der Waals surface area contributed by atoms with Crippen LogP contribution in [-0.4, -0.2) is 83.6 Å². The lowest BCUT2D eigenvalue weighted by Crippen LogP contribution is -2.37. The molecule has 2 saturated heterocycles. The minimum atomic E-state index is -0.474. The monoisotopic (exact) mass is 787 g/mol. The molecule has 17 heteroatoms. The molecule has 2 aromatic carbocycles. The van der Waals surface area contributed by atoms with E-state index >= 15 is 0 Å². The number of halogens is 2. The summed E-state index contributed by atoms with van der Waals surface area (Å²) < 4.78 is 41.1. The third-order valence-electron chi connectivity index (χ3n) is 8.47. The van der Waals surface area contributed by atoms with Crippen molar-refractivity contribution in [3.05, 3.63) is 117 Å². The van der Waals surface area contributed by atoms with Gasteiger partial charge in [0.15, 0.2) is 11.6 Å². The molecule has 0 aliphatic carbocycles. The van der Waals surface area contributed by atoms with Crippen LogP contribution in [0.15, 0.2) is 82.7 Å². The van der Waals surface area contributed by atoms with E-state index in [4.69, 9.17) is 14.5 Å². The molecule has 0 saturated carbocycles. The predicted octanol–water partition coefficient (Wildman–Crippen LogP) is 5.01. The number of carbonyl (C=O) groups excluding carboxylic acids is 2. The van der Waals surface area contributed by atoms with Gasteiger partial charge in [-0.05, 0) is 113 Å². The van der Waals surface area contributed by atoms with E-state index in [2.05, 4.69) is 19.6 Å². The maximum absolute atomic E-state index is 13.3. The van der Waals surface area contributed by atoms with Crippen molar-refractivity contribution in [1.82, 2.24) is 19.5 Å². The van der Waals surface area contributed by atoms with Gasteiger partial charge in [0, 0.05) is 56.4 Å². The quantitative estimate of drug-likeness (QED) is 0.119. The van der Waals surface area contributed by atoms with E-state index in [1.54, 1.807) is 26.1 Å². The second-order valence-electron chi connectivity index (χ2n) is 12.6. The Balaban J connectivity index is 0.000000210. The normalized spacial score (nSPS) is 13.9. The minimum Gasteiger partial charge on any atom is -0.537 e. The number of nitrogens with zero attached hydrogens (tertiary/aromatic N) is 5. The zero-order valence-electron chi connectivity index (χ0n) is 31.9. The van der Waals surface area contributed by atoms with Crippen LogP contribution in [0, 0.1) is 11.6 Å². The topological polar surface area (TPSA) is 169 Å². The van der Waals surface area contributed by atoms with Crippen LogP contribution < -0.4 is 25.6 Å². The standard InChI is InChI=1S/C20H22FN3O3.C14H19N3O3.C6H5BFO2/c1-2-27-18(25)11-8-16-14-24(17-9-6-15(21)7-10-17)20(26)19(22-16)23-12-4-3-5-13-23;1-2-20-12(18)7-6-11-10-15-14(19)13(16-11)17-8-4-3-5-9-17;8-5-1-3-6(4-2-5)10-7-9/h6-11,14H,2-5,12-13H2,1H3;6-7,10H,2-5,8-9H2,1H3,(H,15,19);1-4,9H/b11-8+;7-6+;. The molecule has 1 radical (unpaired) electrons. The molecule has 2 fully saturated rings. The van der Waals surface area contributed by atoms with E-state index in [9.17, 15) is 28.0 Å². The fraction of sp³-hybridized carbons (Fsp3) is 0.350. The van der Waals surface area contributed by atoms with Crippen molar-refractivity contribution < 1.29 is 37.5 Å². The molecular weight excluding hydrogens is 741 g/mol. The Kier molecular flexibility index (Phi) is 17.7. The van der Waals surface area contributed by atoms with Crippen molar-refractivity contribution in [3.63, 3.8) is 0 Å². The van der Waals surface area contributed by atoms with Gasteiger partial charge in [-0.3, -0.25) is 14.2 Å². The van der Waals surface area contributed by atoms with Crippen LogP contribution in [0.25, 0.3) is 17.8 Å². The molecule has 0 bridgehead atoms. The smallest absolute Gasteiger partial charge is 0.537 e. The molecular formula is C40H46BF2N6O8. The van der Waals surface area contributed by atoms with Crippen LogP contribution in [0.1, 0.15) is 63.8 Å². The second kappa shape index (κ2) is 23.1. The minimum absolute atomic E-state index is 0.194. The lowest BCUT2D eigenvalue weighted by molar-refractivity contribution is -0.138. The fourth-order valence-electron chi connectivity index (χ4n) is 5.76. The van der Waals surface area contributed by atoms with Crippen molar-refractivity contribution in [3.8, 4) is 11.4 Å². The molecule has 2 N–H and O–H groups in total. The first-order valence-electron chi connectivity index (χ1n) is 18.7. The van der Waals surface area contributed by atoms with Crippen molar-refractivity contribution in [2.45, 2.75) is 52.4 Å². The SMILES string of the molecule is CCOC(=O)/C=C/c1c[nH]c(=O)c(N2CCCCC2)n1.CCOC(=O)/C=C/c1cn(-c2ccc(F)cc2)c(=O)c(N2CCCCC2)n1.O[B]Oc1ccc(F)cc1. The highest BCUT2D eigenvalue weighted by Gasteiger charge is 2.19. The van der Waals surface area contributed by atoms with Crippen molar-refractivity contribution >= 4 is 43.4 Å². The van der Waals surface area contributed by atoms with E-state index in [0.717, 1.165) is 58.3 Å². The Hall–Kier alpha value is -6.10. The molecule has 0 spiro atoms. The molecule has 6 rings (SSSR count). The molecule has 2 aromatic heterocycles. The fourth-order valence-corrected chi connectivity index (χ4v) is 5.76. The molecule has 4 heterocycles. The number of hydrogen-bond donors (Lipinski definition) is 2. The van der Waals surface area contributed by atoms with Crippen LogP contribution in [0.2, 0.25) is 0 Å². The Bertz CT molecular complexity index is 2060. The third-order valence-corrected chi connectivity index (χ3v) is 8.47. The molecule has 0 unspecified atom stereocenters. The van der Waals surface area contributed by atoms with E-state index in [1.165, 1.54) is 83.9 Å². The number of piperidine rings is 2. The Labute approximate surface area is 329 Å². The molecule has 301 valence electrons. The zero-order valence-corrected chi connectivity index (χ0v) is 31.9. The number of H-pyrrole nitrogens is 1. The molecule has 2 aliphatic heterocycles. The van der Waals surface area contributed by atoms with Crippen LogP contribution >= 0.6 is 0 Å². The summed E-state index contributed by atoms with van der Waals surface area (Å²) in [4.78, 5) is 63.1. The van der Waals surface area contributed by atoms with Crippen LogP contribution in [-0.2, 0) is 19.1 Å². The number of hydrogen-bond acceptors (Lipinski definition) is 12. The van der Waals surface area contributed by atoms with E-state index in [0.29, 0.717) is 48.8 Å². The van der Waals surface area contributed by atoms with Crippen molar-refractivity contribution in [2.24, 2.45) is 0 Å². The summed E-state index contributed by atoms with van der Waals surface area (Å²) in [6.45, 7) is 7.31. The summed E-state index contributed by atoms with van der Waals surface area (Å²) in [5.41, 5.74) is 1.07. The van der Waals surface area contributed by atoms with Gasteiger partial charge in [-0.25, -0.2) is 28.3 Å². The number of aromatic amines is 1. The van der Waals surface area contributed by atoms with Gasteiger partial charge in [0.05, 0.1) is 24.6 Å². The lowest BCUT2D eigenvalue weighted by Gasteiger charge is -2.27. The number of ether oxygens (including phenoxy) is 2. The van der Waals surface area contributed by atoms with E-state index in [-0.39, 0.29) is 29.4 Å². The first kappa shape index (κ1) is 43.6. The largest absolute Gasteiger partial charge is 0.569 e. The van der Waals surface area contributed by atoms with Crippen LogP contribution in [0.3, 0.4) is 0 Å². The van der Waals surface area contributed by atoms with Crippen molar-refractivity contribution in [1.29, 1.82) is 0 Å². The number of benzene rings is 2. The van der Waals surface area contributed by atoms with E-state index in [1.807, 2.05) is 9.80 Å². The Morgan fingerprint density at radius 2 is 1.25 bits per heavy atom. The van der Waals surface area contributed by atoms with Gasteiger partial charge >= 0.3 is 19.6 Å². The zero-order chi connectivity index (χ0) is 41.0. The van der Waals surface area contributed by atoms with Gasteiger partial charge in [-0.15, -0.1) is 0 Å². The Morgan fingerprint density at radius 1 is 0.754 bits per heavy atom. The summed E-state index contributed by atoms with van der Waals surface area (Å²) in [5, 5.41) is 8.15. The highest BCUT2D eigenvalue weighted by molar-refractivity contribution is 6.17. The number of aromatic nitrogens is 4. The lowest BCUT2D eigenvalue weighted by atomic mass is 10.1. The average molecular weight is 788 g/mol. The van der Waals surface area contributed by atoms with Crippen molar-refractivity contribution in [2.75, 3.05) is 49.2 Å². The average Bonchev–Trinajstić information content (AvgIpc) is 3.23. The number of anilines is 2.